The molecule has 0 amide bonds. The molecule has 0 bridgehead atoms. The average molecular weight is 415 g/mol. The van der Waals surface area contributed by atoms with Gasteiger partial charge >= 0.3 is 46.1 Å². The predicted molar refractivity (Wildman–Crippen MR) is 67.0 cm³/mol. The van der Waals surface area contributed by atoms with Crippen molar-refractivity contribution in [2.45, 2.75) is 0 Å². The van der Waals surface area contributed by atoms with E-state index in [1.54, 1.807) is 24.3 Å². The number of benzene rings is 2. The van der Waals surface area contributed by atoms with E-state index in [2.05, 4.69) is 12.1 Å². The maximum atomic E-state index is 11.9. The summed E-state index contributed by atoms with van der Waals surface area (Å²) < 4.78 is 11.9. The van der Waals surface area contributed by atoms with Crippen LogP contribution in [0.2, 0.25) is 5.02 Å². The second-order valence-corrected chi connectivity index (χ2v) is 2.87. The van der Waals surface area contributed by atoms with Crippen molar-refractivity contribution >= 4 is 57.7 Å². The van der Waals surface area contributed by atoms with Crippen molar-refractivity contribution in [2.24, 2.45) is 0 Å². The van der Waals surface area contributed by atoms with Crippen LogP contribution in [-0.2, 0) is 0 Å². The van der Waals surface area contributed by atoms with Crippen molar-refractivity contribution in [3.8, 4) is 0 Å². The summed E-state index contributed by atoms with van der Waals surface area (Å²) in [7, 11) is 0. The van der Waals surface area contributed by atoms with Gasteiger partial charge in [-0.15, -0.1) is 23.7 Å². The quantitative estimate of drug-likeness (QED) is 0.319. The molecule has 0 saturated heterocycles. The third kappa shape index (κ3) is 15.2. The van der Waals surface area contributed by atoms with Gasteiger partial charge in [-0.2, -0.15) is 48.5 Å². The van der Waals surface area contributed by atoms with Gasteiger partial charge in [0.1, 0.15) is 0 Å². The Hall–Kier alpha value is 1.15. The molecular formula is C12H8Br2ClFMg2. The molecule has 2 aromatic rings. The zero-order valence-corrected chi connectivity index (χ0v) is 16.3. The molecule has 0 nitrogen and oxygen atoms in total. The summed E-state index contributed by atoms with van der Waals surface area (Å²) in [5, 5.41) is 0.763. The van der Waals surface area contributed by atoms with Gasteiger partial charge < -0.3 is 34.0 Å². The molecule has 0 aliphatic heterocycles. The fourth-order valence-electron chi connectivity index (χ4n) is 0.733. The maximum Gasteiger partial charge on any atom is 2.00 e. The molecule has 88 valence electrons. The van der Waals surface area contributed by atoms with E-state index in [9.17, 15) is 4.39 Å². The number of rotatable bonds is 0. The van der Waals surface area contributed by atoms with Crippen LogP contribution in [0, 0.1) is 17.9 Å². The van der Waals surface area contributed by atoms with E-state index in [1.165, 1.54) is 24.3 Å². The molecule has 0 radical (unpaired) electrons. The molecule has 18 heavy (non-hydrogen) atoms. The van der Waals surface area contributed by atoms with Crippen LogP contribution in [0.1, 0.15) is 0 Å². The topological polar surface area (TPSA) is 0 Å². The van der Waals surface area contributed by atoms with Crippen LogP contribution >= 0.6 is 11.6 Å². The minimum atomic E-state index is -0.209. The molecule has 0 aromatic heterocycles. The van der Waals surface area contributed by atoms with Crippen LogP contribution in [0.3, 0.4) is 0 Å². The Morgan fingerprint density at radius 3 is 1.28 bits per heavy atom. The first kappa shape index (κ1) is 27.5. The normalized spacial score (nSPS) is 6.78. The van der Waals surface area contributed by atoms with Gasteiger partial charge in [-0.25, -0.2) is 4.39 Å². The number of halogens is 4. The summed E-state index contributed by atoms with van der Waals surface area (Å²) in [6.07, 6.45) is 0. The second kappa shape index (κ2) is 18.2. The molecular weight excluding hydrogens is 407 g/mol. The van der Waals surface area contributed by atoms with E-state index in [0.717, 1.165) is 5.02 Å². The Balaban J connectivity index is -0.0000000891. The zero-order chi connectivity index (χ0) is 10.2. The molecule has 0 aliphatic carbocycles. The molecule has 0 N–H and O–H groups in total. The molecule has 0 spiro atoms. The Kier molecular flexibility index (Phi) is 27.7. The van der Waals surface area contributed by atoms with Crippen molar-refractivity contribution in [2.75, 3.05) is 0 Å². The summed E-state index contributed by atoms with van der Waals surface area (Å²) in [6, 6.07) is 18.5. The summed E-state index contributed by atoms with van der Waals surface area (Å²) in [6.45, 7) is 0. The summed E-state index contributed by atoms with van der Waals surface area (Å²) in [4.78, 5) is 0. The van der Waals surface area contributed by atoms with Crippen LogP contribution in [-0.4, -0.2) is 46.1 Å². The Labute approximate surface area is 166 Å². The van der Waals surface area contributed by atoms with E-state index >= 15 is 0 Å². The number of hydrogen-bond donors (Lipinski definition) is 0. The summed E-state index contributed by atoms with van der Waals surface area (Å²) in [5.41, 5.74) is 0. The fourth-order valence-corrected chi connectivity index (χ4v) is 0.859. The van der Waals surface area contributed by atoms with Gasteiger partial charge in [0.25, 0.3) is 0 Å². The van der Waals surface area contributed by atoms with Crippen LogP contribution in [0.4, 0.5) is 4.39 Å². The molecule has 2 aromatic carbocycles. The van der Waals surface area contributed by atoms with E-state index in [-0.39, 0.29) is 85.9 Å². The molecule has 2 rings (SSSR count). The first-order valence-corrected chi connectivity index (χ1v) is 4.40. The molecule has 0 unspecified atom stereocenters. The third-order valence-corrected chi connectivity index (χ3v) is 1.61. The van der Waals surface area contributed by atoms with E-state index in [4.69, 9.17) is 11.6 Å². The summed E-state index contributed by atoms with van der Waals surface area (Å²) in [5.74, 6) is -0.209. The van der Waals surface area contributed by atoms with Crippen LogP contribution in [0.5, 0.6) is 0 Å². The first-order chi connectivity index (χ1) is 6.79. The Morgan fingerprint density at radius 1 is 0.778 bits per heavy atom. The SMILES string of the molecule is Clc1cc[c-]cc1.Fc1cc[c-]cc1.[Br-].[Br-].[Mg+2].[Mg+2]. The minimum absolute atomic E-state index is 0. The molecule has 0 atom stereocenters. The summed E-state index contributed by atoms with van der Waals surface area (Å²) >= 11 is 5.52. The second-order valence-electron chi connectivity index (χ2n) is 2.44. The van der Waals surface area contributed by atoms with Gasteiger partial charge in [0.15, 0.2) is 0 Å². The van der Waals surface area contributed by atoms with Crippen molar-refractivity contribution in [3.63, 3.8) is 0 Å². The smallest absolute Gasteiger partial charge is 1.00 e. The van der Waals surface area contributed by atoms with Gasteiger partial charge in [-0.1, -0.05) is 5.02 Å². The van der Waals surface area contributed by atoms with Crippen LogP contribution in [0.15, 0.2) is 48.5 Å². The third-order valence-electron chi connectivity index (χ3n) is 1.36. The standard InChI is InChI=1S/C6H4Cl.C6H4F.2BrH.2Mg/c2*7-6-4-2-1-3-5-6;;;;/h2*2-5H;2*1H;;/q2*-1;;;2*+2/p-2. The minimum Gasteiger partial charge on any atom is -1.00 e. The van der Waals surface area contributed by atoms with Gasteiger partial charge in [-0.3, -0.25) is 0 Å². The van der Waals surface area contributed by atoms with E-state index in [1.807, 2.05) is 0 Å². The van der Waals surface area contributed by atoms with Gasteiger partial charge in [-0.05, 0) is 0 Å². The van der Waals surface area contributed by atoms with E-state index < -0.39 is 0 Å². The van der Waals surface area contributed by atoms with Crippen molar-refractivity contribution in [3.05, 3.63) is 71.5 Å². The first-order valence-electron chi connectivity index (χ1n) is 4.02. The monoisotopic (exact) mass is 412 g/mol. The molecule has 0 aliphatic rings. The molecule has 6 heteroatoms. The van der Waals surface area contributed by atoms with Crippen LogP contribution < -0.4 is 34.0 Å². The van der Waals surface area contributed by atoms with Crippen molar-refractivity contribution < 1.29 is 38.4 Å². The molecule has 0 heterocycles. The predicted octanol–water partition coefficient (Wildman–Crippen LogP) is -2.99. The van der Waals surface area contributed by atoms with Gasteiger partial charge in [0, 0.05) is 5.82 Å². The molecule has 0 saturated carbocycles. The van der Waals surface area contributed by atoms with Gasteiger partial charge in [0.05, 0.1) is 0 Å². The average Bonchev–Trinajstić information content (AvgIpc) is 2.21. The maximum absolute atomic E-state index is 11.9. The van der Waals surface area contributed by atoms with Gasteiger partial charge in [0.2, 0.25) is 0 Å². The fraction of sp³-hybridized carbons (Fsp3) is 0. The van der Waals surface area contributed by atoms with Crippen molar-refractivity contribution in [1.29, 1.82) is 0 Å². The van der Waals surface area contributed by atoms with Crippen molar-refractivity contribution in [1.82, 2.24) is 0 Å². The Bertz CT molecular complexity index is 325. The number of hydrogen-bond acceptors (Lipinski definition) is 0. The Morgan fingerprint density at radius 2 is 1.11 bits per heavy atom. The van der Waals surface area contributed by atoms with E-state index in [0.29, 0.717) is 0 Å². The largest absolute Gasteiger partial charge is 2.00 e. The zero-order valence-electron chi connectivity index (χ0n) is 9.54. The van der Waals surface area contributed by atoms with Crippen LogP contribution in [0.25, 0.3) is 0 Å². The molecule has 0 fully saturated rings.